The highest BCUT2D eigenvalue weighted by molar-refractivity contribution is 6.30. The Morgan fingerprint density at radius 3 is 2.36 bits per heavy atom. The van der Waals surface area contributed by atoms with E-state index in [9.17, 15) is 9.59 Å². The van der Waals surface area contributed by atoms with Gasteiger partial charge in [0.1, 0.15) is 6.04 Å². The number of hydrogen-bond donors (Lipinski definition) is 1. The molecule has 1 fully saturated rings. The fourth-order valence-electron chi connectivity index (χ4n) is 4.91. The van der Waals surface area contributed by atoms with Crippen LogP contribution in [0, 0.1) is 11.3 Å². The van der Waals surface area contributed by atoms with Crippen LogP contribution >= 0.6 is 11.6 Å². The van der Waals surface area contributed by atoms with Crippen LogP contribution in [0.15, 0.2) is 54.6 Å². The van der Waals surface area contributed by atoms with Gasteiger partial charge in [-0.3, -0.25) is 9.59 Å². The first kappa shape index (κ1) is 25.3. The molecule has 1 heterocycles. The molecule has 0 bridgehead atoms. The predicted octanol–water partition coefficient (Wildman–Crippen LogP) is 5.85. The lowest BCUT2D eigenvalue weighted by molar-refractivity contribution is -0.140. The van der Waals surface area contributed by atoms with Gasteiger partial charge in [-0.2, -0.15) is 0 Å². The molecule has 0 radical (unpaired) electrons. The number of nitrogens with zero attached hydrogens (tertiary/aromatic N) is 1. The standard InChI is InChI=1S/C28H37ClN2O2/c1-20(2)26(30-25(32)12-8-11-21-9-6-5-7-10-21)27(33)31-18-17-24(28(3,4)19-31)22-13-15-23(29)16-14-22/h5-7,9-10,13-16,20,24,26H,8,11-12,17-19H2,1-4H3,(H,30,32)/t24-,26-/m1/s1. The lowest BCUT2D eigenvalue weighted by atomic mass is 9.70. The quantitative estimate of drug-likeness (QED) is 0.528. The van der Waals surface area contributed by atoms with Crippen LogP contribution in [-0.2, 0) is 16.0 Å². The number of halogens is 1. The Labute approximate surface area is 203 Å². The third-order valence-electron chi connectivity index (χ3n) is 6.77. The maximum Gasteiger partial charge on any atom is 0.245 e. The molecule has 1 N–H and O–H groups in total. The summed E-state index contributed by atoms with van der Waals surface area (Å²) < 4.78 is 0. The highest BCUT2D eigenvalue weighted by atomic mass is 35.5. The molecule has 0 unspecified atom stereocenters. The zero-order chi connectivity index (χ0) is 24.0. The van der Waals surface area contributed by atoms with E-state index in [2.05, 4.69) is 43.4 Å². The molecule has 1 saturated heterocycles. The first-order valence-corrected chi connectivity index (χ1v) is 12.4. The van der Waals surface area contributed by atoms with Gasteiger partial charge in [-0.1, -0.05) is 81.8 Å². The summed E-state index contributed by atoms with van der Waals surface area (Å²) in [5, 5.41) is 3.77. The zero-order valence-electron chi connectivity index (χ0n) is 20.3. The second-order valence-corrected chi connectivity index (χ2v) is 10.7. The van der Waals surface area contributed by atoms with Crippen molar-refractivity contribution in [1.82, 2.24) is 10.2 Å². The normalized spacial score (nSPS) is 18.7. The molecule has 0 spiro atoms. The van der Waals surface area contributed by atoms with Gasteiger partial charge in [0.15, 0.2) is 0 Å². The smallest absolute Gasteiger partial charge is 0.245 e. The predicted molar refractivity (Wildman–Crippen MR) is 135 cm³/mol. The van der Waals surface area contributed by atoms with Crippen LogP contribution in [0.5, 0.6) is 0 Å². The number of carbonyl (C=O) groups excluding carboxylic acids is 2. The molecule has 2 aromatic carbocycles. The van der Waals surface area contributed by atoms with Crippen LogP contribution < -0.4 is 5.32 Å². The zero-order valence-corrected chi connectivity index (χ0v) is 21.1. The molecule has 2 atom stereocenters. The number of amides is 2. The average molecular weight is 469 g/mol. The van der Waals surface area contributed by atoms with Crippen LogP contribution in [0.2, 0.25) is 5.02 Å². The van der Waals surface area contributed by atoms with Crippen molar-refractivity contribution in [3.8, 4) is 0 Å². The Morgan fingerprint density at radius 1 is 1.09 bits per heavy atom. The van der Waals surface area contributed by atoms with Gasteiger partial charge in [-0.15, -0.1) is 0 Å². The van der Waals surface area contributed by atoms with Crippen LogP contribution in [0.1, 0.15) is 64.0 Å². The Bertz CT molecular complexity index is 925. The molecule has 2 amide bonds. The minimum atomic E-state index is -0.489. The van der Waals surface area contributed by atoms with Gasteiger partial charge < -0.3 is 10.2 Å². The van der Waals surface area contributed by atoms with Crippen molar-refractivity contribution >= 4 is 23.4 Å². The largest absolute Gasteiger partial charge is 0.344 e. The first-order chi connectivity index (χ1) is 15.7. The minimum Gasteiger partial charge on any atom is -0.344 e. The number of rotatable bonds is 8. The Morgan fingerprint density at radius 2 is 1.76 bits per heavy atom. The molecule has 0 aliphatic carbocycles. The summed E-state index contributed by atoms with van der Waals surface area (Å²) in [6.45, 7) is 9.81. The molecular weight excluding hydrogens is 432 g/mol. The molecule has 1 aliphatic rings. The monoisotopic (exact) mass is 468 g/mol. The molecule has 0 saturated carbocycles. The van der Waals surface area contributed by atoms with Crippen LogP contribution in [0.25, 0.3) is 0 Å². The van der Waals surface area contributed by atoms with Crippen LogP contribution in [0.4, 0.5) is 0 Å². The highest BCUT2D eigenvalue weighted by Crippen LogP contribution is 2.42. The van der Waals surface area contributed by atoms with E-state index in [1.807, 2.05) is 49.1 Å². The van der Waals surface area contributed by atoms with Crippen molar-refractivity contribution in [2.75, 3.05) is 13.1 Å². The third kappa shape index (κ3) is 6.83. The van der Waals surface area contributed by atoms with Gasteiger partial charge in [0.05, 0.1) is 0 Å². The van der Waals surface area contributed by atoms with Crippen molar-refractivity contribution in [3.63, 3.8) is 0 Å². The van der Waals surface area contributed by atoms with E-state index in [1.165, 1.54) is 11.1 Å². The van der Waals surface area contributed by atoms with Gasteiger partial charge >= 0.3 is 0 Å². The first-order valence-electron chi connectivity index (χ1n) is 12.0. The van der Waals surface area contributed by atoms with Gasteiger partial charge in [0.25, 0.3) is 0 Å². The maximum absolute atomic E-state index is 13.4. The molecule has 3 rings (SSSR count). The van der Waals surface area contributed by atoms with Gasteiger partial charge in [-0.05, 0) is 59.8 Å². The summed E-state index contributed by atoms with van der Waals surface area (Å²) in [6.07, 6.45) is 2.96. The molecular formula is C28H37ClN2O2. The van der Waals surface area contributed by atoms with Crippen molar-refractivity contribution in [2.45, 2.75) is 65.3 Å². The second-order valence-electron chi connectivity index (χ2n) is 10.3. The summed E-state index contributed by atoms with van der Waals surface area (Å²) in [4.78, 5) is 28.0. The summed E-state index contributed by atoms with van der Waals surface area (Å²) in [5.74, 6) is 0.383. The Kier molecular flexibility index (Phi) is 8.58. The van der Waals surface area contributed by atoms with E-state index in [1.54, 1.807) is 0 Å². The number of hydrogen-bond acceptors (Lipinski definition) is 2. The van der Waals surface area contributed by atoms with Gasteiger partial charge in [-0.25, -0.2) is 0 Å². The Balaban J connectivity index is 1.57. The second kappa shape index (κ2) is 11.2. The fraction of sp³-hybridized carbons (Fsp3) is 0.500. The third-order valence-corrected chi connectivity index (χ3v) is 7.03. The van der Waals surface area contributed by atoms with E-state index in [0.717, 1.165) is 24.3 Å². The number of nitrogens with one attached hydrogen (secondary N) is 1. The number of likely N-dealkylation sites (tertiary alicyclic amines) is 1. The summed E-state index contributed by atoms with van der Waals surface area (Å²) >= 11 is 6.07. The maximum atomic E-state index is 13.4. The van der Waals surface area contributed by atoms with Crippen LogP contribution in [0.3, 0.4) is 0 Å². The topological polar surface area (TPSA) is 49.4 Å². The lowest BCUT2D eigenvalue weighted by Crippen LogP contribution is -2.55. The number of piperidine rings is 1. The highest BCUT2D eigenvalue weighted by Gasteiger charge is 2.40. The van der Waals surface area contributed by atoms with Crippen LogP contribution in [-0.4, -0.2) is 35.8 Å². The van der Waals surface area contributed by atoms with Crippen molar-refractivity contribution < 1.29 is 9.59 Å². The molecule has 5 heteroatoms. The van der Waals surface area contributed by atoms with Crippen molar-refractivity contribution in [2.24, 2.45) is 11.3 Å². The summed E-state index contributed by atoms with van der Waals surface area (Å²) in [6, 6.07) is 17.8. The molecule has 33 heavy (non-hydrogen) atoms. The van der Waals surface area contributed by atoms with Crippen molar-refractivity contribution in [1.29, 1.82) is 0 Å². The van der Waals surface area contributed by atoms with Gasteiger partial charge in [0.2, 0.25) is 11.8 Å². The SMILES string of the molecule is CC(C)[C@@H](NC(=O)CCCc1ccccc1)C(=O)N1CC[C@H](c2ccc(Cl)cc2)C(C)(C)C1. The number of aryl methyl sites for hydroxylation is 1. The number of carbonyl (C=O) groups is 2. The van der Waals surface area contributed by atoms with E-state index < -0.39 is 6.04 Å². The van der Waals surface area contributed by atoms with E-state index >= 15 is 0 Å². The number of benzene rings is 2. The van der Waals surface area contributed by atoms with Gasteiger partial charge in [0, 0.05) is 24.5 Å². The fourth-order valence-corrected chi connectivity index (χ4v) is 5.04. The van der Waals surface area contributed by atoms with E-state index in [-0.39, 0.29) is 23.1 Å². The summed E-state index contributed by atoms with van der Waals surface area (Å²) in [7, 11) is 0. The van der Waals surface area contributed by atoms with E-state index in [4.69, 9.17) is 11.6 Å². The molecule has 2 aromatic rings. The molecule has 178 valence electrons. The minimum absolute atomic E-state index is 0.0315. The summed E-state index contributed by atoms with van der Waals surface area (Å²) in [5.41, 5.74) is 2.43. The molecule has 4 nitrogen and oxygen atoms in total. The molecule has 0 aromatic heterocycles. The Hall–Kier alpha value is -2.33. The van der Waals surface area contributed by atoms with Crippen molar-refractivity contribution in [3.05, 3.63) is 70.7 Å². The van der Waals surface area contributed by atoms with E-state index in [0.29, 0.717) is 25.4 Å². The molecule has 1 aliphatic heterocycles. The lowest BCUT2D eigenvalue weighted by Gasteiger charge is -2.45. The average Bonchev–Trinajstić information content (AvgIpc) is 2.78.